The summed E-state index contributed by atoms with van der Waals surface area (Å²) in [6.45, 7) is 3.52. The number of rotatable bonds is 6. The number of aryl methyl sites for hydroxylation is 2. The number of carbonyl (C=O) groups is 1. The minimum Gasteiger partial charge on any atom is -0.497 e. The average Bonchev–Trinajstić information content (AvgIpc) is 2.61. The molecular weight excluding hydrogens is 368 g/mol. The van der Waals surface area contributed by atoms with E-state index in [-0.39, 0.29) is 23.8 Å². The minimum absolute atomic E-state index is 0.0769. The molecule has 1 unspecified atom stereocenters. The molecule has 7 nitrogen and oxygen atoms in total. The zero-order chi connectivity index (χ0) is 19.6. The average molecular weight is 390 g/mol. The van der Waals surface area contributed by atoms with Crippen LogP contribution in [0.3, 0.4) is 0 Å². The Balaban J connectivity index is 1.68. The lowest BCUT2D eigenvalue weighted by atomic mass is 10.1. The summed E-state index contributed by atoms with van der Waals surface area (Å²) in [7, 11) is -2.18. The van der Waals surface area contributed by atoms with Crippen LogP contribution in [0.1, 0.15) is 17.5 Å². The molecule has 1 atom stereocenters. The number of nitrogens with one attached hydrogen (secondary N) is 2. The molecule has 27 heavy (non-hydrogen) atoms. The summed E-state index contributed by atoms with van der Waals surface area (Å²) in [6.07, 6.45) is -0.533. The summed E-state index contributed by atoms with van der Waals surface area (Å²) in [5, 5.41) is 2.77. The summed E-state index contributed by atoms with van der Waals surface area (Å²) in [6, 6.07) is 10.5. The highest BCUT2D eigenvalue weighted by Crippen LogP contribution is 2.30. The first-order chi connectivity index (χ1) is 12.8. The Hall–Kier alpha value is -2.58. The van der Waals surface area contributed by atoms with Crippen LogP contribution in [0, 0.1) is 13.8 Å². The molecule has 1 aliphatic heterocycles. The fourth-order valence-electron chi connectivity index (χ4n) is 3.13. The molecule has 0 saturated heterocycles. The van der Waals surface area contributed by atoms with Crippen LogP contribution in [0.2, 0.25) is 0 Å². The topological polar surface area (TPSA) is 93.7 Å². The number of carbonyl (C=O) groups excluding carboxylic acids is 1. The number of anilines is 1. The van der Waals surface area contributed by atoms with Crippen molar-refractivity contribution in [3.8, 4) is 11.5 Å². The second-order valence-corrected chi connectivity index (χ2v) is 8.07. The standard InChI is InChI=1S/C19H22N2O5S/c1-12-10-14(25-3)11-13(2)18(12)27(23,24)20-9-8-17-19(22)21-15-6-4-5-7-16(15)26-17/h4-7,10-11,17,20H,8-9H2,1-3H3,(H,21,22). The molecule has 0 aromatic heterocycles. The van der Waals surface area contributed by atoms with Gasteiger partial charge >= 0.3 is 0 Å². The molecule has 2 aromatic rings. The van der Waals surface area contributed by atoms with Crippen molar-refractivity contribution in [3.05, 3.63) is 47.5 Å². The molecule has 8 heteroatoms. The number of hydrogen-bond donors (Lipinski definition) is 2. The molecule has 1 aliphatic rings. The second-order valence-electron chi connectivity index (χ2n) is 6.37. The minimum atomic E-state index is -3.72. The Kier molecular flexibility index (Phi) is 5.38. The van der Waals surface area contributed by atoms with Crippen LogP contribution in [-0.2, 0) is 14.8 Å². The predicted octanol–water partition coefficient (Wildman–Crippen LogP) is 2.38. The van der Waals surface area contributed by atoms with Crippen LogP contribution in [0.5, 0.6) is 11.5 Å². The normalized spacial score (nSPS) is 16.3. The number of hydrogen-bond acceptors (Lipinski definition) is 5. The number of para-hydroxylation sites is 2. The third kappa shape index (κ3) is 4.06. The highest BCUT2D eigenvalue weighted by Gasteiger charge is 2.28. The maximum absolute atomic E-state index is 12.7. The van der Waals surface area contributed by atoms with E-state index in [4.69, 9.17) is 9.47 Å². The van der Waals surface area contributed by atoms with Crippen molar-refractivity contribution >= 4 is 21.6 Å². The van der Waals surface area contributed by atoms with E-state index in [1.165, 1.54) is 7.11 Å². The Morgan fingerprint density at radius 1 is 1.19 bits per heavy atom. The van der Waals surface area contributed by atoms with Gasteiger partial charge in [-0.1, -0.05) is 12.1 Å². The molecule has 0 spiro atoms. The van der Waals surface area contributed by atoms with E-state index in [1.807, 2.05) is 6.07 Å². The number of fused-ring (bicyclic) bond motifs is 1. The van der Waals surface area contributed by atoms with Crippen LogP contribution < -0.4 is 19.5 Å². The molecular formula is C19H22N2O5S. The van der Waals surface area contributed by atoms with Gasteiger partial charge in [0.25, 0.3) is 5.91 Å². The zero-order valence-electron chi connectivity index (χ0n) is 15.4. The Bertz CT molecular complexity index is 949. The fraction of sp³-hybridized carbons (Fsp3) is 0.316. The van der Waals surface area contributed by atoms with Gasteiger partial charge < -0.3 is 14.8 Å². The van der Waals surface area contributed by atoms with Gasteiger partial charge in [-0.3, -0.25) is 4.79 Å². The predicted molar refractivity (Wildman–Crippen MR) is 102 cm³/mol. The van der Waals surface area contributed by atoms with Crippen molar-refractivity contribution in [2.45, 2.75) is 31.3 Å². The van der Waals surface area contributed by atoms with Crippen molar-refractivity contribution in [1.29, 1.82) is 0 Å². The number of ether oxygens (including phenoxy) is 2. The Labute approximate surface area is 158 Å². The fourth-order valence-corrected chi connectivity index (χ4v) is 4.63. The monoisotopic (exact) mass is 390 g/mol. The first-order valence-electron chi connectivity index (χ1n) is 8.53. The highest BCUT2D eigenvalue weighted by molar-refractivity contribution is 7.89. The molecule has 1 amide bonds. The SMILES string of the molecule is COc1cc(C)c(S(=O)(=O)NCCC2Oc3ccccc3NC2=O)c(C)c1. The van der Waals surface area contributed by atoms with E-state index in [1.54, 1.807) is 44.2 Å². The van der Waals surface area contributed by atoms with E-state index >= 15 is 0 Å². The van der Waals surface area contributed by atoms with Gasteiger partial charge in [0, 0.05) is 13.0 Å². The maximum Gasteiger partial charge on any atom is 0.265 e. The van der Waals surface area contributed by atoms with Crippen molar-refractivity contribution in [2.75, 3.05) is 19.0 Å². The second kappa shape index (κ2) is 7.58. The van der Waals surface area contributed by atoms with Gasteiger partial charge in [-0.15, -0.1) is 0 Å². The van der Waals surface area contributed by atoms with Gasteiger partial charge in [-0.25, -0.2) is 13.1 Å². The van der Waals surface area contributed by atoms with E-state index in [2.05, 4.69) is 10.0 Å². The molecule has 0 aliphatic carbocycles. The summed E-state index contributed by atoms with van der Waals surface area (Å²) < 4.78 is 38.8. The van der Waals surface area contributed by atoms with Gasteiger partial charge in [-0.2, -0.15) is 0 Å². The van der Waals surface area contributed by atoms with Crippen molar-refractivity contribution < 1.29 is 22.7 Å². The summed E-state index contributed by atoms with van der Waals surface area (Å²) >= 11 is 0. The van der Waals surface area contributed by atoms with E-state index in [9.17, 15) is 13.2 Å². The van der Waals surface area contributed by atoms with E-state index < -0.39 is 16.1 Å². The molecule has 2 N–H and O–H groups in total. The Morgan fingerprint density at radius 3 is 2.52 bits per heavy atom. The van der Waals surface area contributed by atoms with E-state index in [0.29, 0.717) is 28.3 Å². The molecule has 0 radical (unpaired) electrons. The molecule has 1 heterocycles. The van der Waals surface area contributed by atoms with Crippen LogP contribution in [0.15, 0.2) is 41.3 Å². The van der Waals surface area contributed by atoms with Gasteiger partial charge in [-0.05, 0) is 49.2 Å². The van der Waals surface area contributed by atoms with Gasteiger partial charge in [0.2, 0.25) is 10.0 Å². The number of amides is 1. The zero-order valence-corrected chi connectivity index (χ0v) is 16.2. The molecule has 0 bridgehead atoms. The first kappa shape index (κ1) is 19.2. The Morgan fingerprint density at radius 2 is 1.85 bits per heavy atom. The number of sulfonamides is 1. The van der Waals surface area contributed by atoms with Gasteiger partial charge in [0.1, 0.15) is 11.5 Å². The van der Waals surface area contributed by atoms with Crippen LogP contribution in [0.4, 0.5) is 5.69 Å². The van der Waals surface area contributed by atoms with Crippen molar-refractivity contribution in [1.82, 2.24) is 4.72 Å². The van der Waals surface area contributed by atoms with Gasteiger partial charge in [0.15, 0.2) is 6.10 Å². The molecule has 2 aromatic carbocycles. The number of benzene rings is 2. The lowest BCUT2D eigenvalue weighted by molar-refractivity contribution is -0.123. The largest absolute Gasteiger partial charge is 0.497 e. The van der Waals surface area contributed by atoms with Gasteiger partial charge in [0.05, 0.1) is 17.7 Å². The molecule has 144 valence electrons. The number of methoxy groups -OCH3 is 1. The quantitative estimate of drug-likeness (QED) is 0.790. The third-order valence-electron chi connectivity index (χ3n) is 4.34. The lowest BCUT2D eigenvalue weighted by Crippen LogP contribution is -2.39. The van der Waals surface area contributed by atoms with Crippen molar-refractivity contribution in [3.63, 3.8) is 0 Å². The molecule has 0 saturated carbocycles. The smallest absolute Gasteiger partial charge is 0.265 e. The lowest BCUT2D eigenvalue weighted by Gasteiger charge is -2.25. The molecule has 3 rings (SSSR count). The summed E-state index contributed by atoms with van der Waals surface area (Å²) in [5.74, 6) is 0.895. The van der Waals surface area contributed by atoms with Crippen LogP contribution in [0.25, 0.3) is 0 Å². The van der Waals surface area contributed by atoms with Crippen molar-refractivity contribution in [2.24, 2.45) is 0 Å². The highest BCUT2D eigenvalue weighted by atomic mass is 32.2. The third-order valence-corrected chi connectivity index (χ3v) is 6.11. The van der Waals surface area contributed by atoms with E-state index in [0.717, 1.165) is 0 Å². The molecule has 0 fully saturated rings. The summed E-state index contributed by atoms with van der Waals surface area (Å²) in [4.78, 5) is 12.4. The van der Waals surface area contributed by atoms with Crippen LogP contribution >= 0.6 is 0 Å². The summed E-state index contributed by atoms with van der Waals surface area (Å²) in [5.41, 5.74) is 1.81. The maximum atomic E-state index is 12.7. The first-order valence-corrected chi connectivity index (χ1v) is 10.0. The van der Waals surface area contributed by atoms with Crippen LogP contribution in [-0.4, -0.2) is 34.1 Å².